The van der Waals surface area contributed by atoms with Gasteiger partial charge in [-0.05, 0) is 42.5 Å². The molecular weight excluding hydrogens is 392 g/mol. The molecule has 1 aliphatic rings. The number of allylic oxidation sites excluding steroid dienone is 2. The highest BCUT2D eigenvalue weighted by molar-refractivity contribution is 5.86. The van der Waals surface area contributed by atoms with Gasteiger partial charge in [-0.25, -0.2) is 19.3 Å². The lowest BCUT2D eigenvalue weighted by molar-refractivity contribution is 0.482. The fourth-order valence-electron chi connectivity index (χ4n) is 3.69. The van der Waals surface area contributed by atoms with Crippen molar-refractivity contribution in [1.29, 1.82) is 0 Å². The van der Waals surface area contributed by atoms with Crippen molar-refractivity contribution >= 4 is 22.7 Å². The molecule has 0 amide bonds. The molecule has 0 saturated heterocycles. The maximum Gasteiger partial charge on any atom is 0.339 e. The van der Waals surface area contributed by atoms with Crippen LogP contribution in [0.1, 0.15) is 6.42 Å². The molecule has 8 nitrogen and oxygen atoms in total. The Balaban J connectivity index is 1.62. The number of hydrogen-bond donors (Lipinski definition) is 2. The van der Waals surface area contributed by atoms with Crippen LogP contribution in [0.2, 0.25) is 0 Å². The minimum absolute atomic E-state index is 0.168. The van der Waals surface area contributed by atoms with E-state index in [9.17, 15) is 4.79 Å². The highest BCUT2D eigenvalue weighted by Crippen LogP contribution is 2.27. The lowest BCUT2D eigenvalue weighted by Crippen LogP contribution is -2.27. The third-order valence-corrected chi connectivity index (χ3v) is 5.10. The second-order valence-electron chi connectivity index (χ2n) is 7.20. The summed E-state index contributed by atoms with van der Waals surface area (Å²) in [6.45, 7) is 0. The summed E-state index contributed by atoms with van der Waals surface area (Å²) in [5.41, 5.74) is 14.2. The van der Waals surface area contributed by atoms with E-state index < -0.39 is 0 Å². The van der Waals surface area contributed by atoms with Gasteiger partial charge in [-0.3, -0.25) is 4.57 Å². The molecule has 31 heavy (non-hydrogen) atoms. The van der Waals surface area contributed by atoms with Gasteiger partial charge in [0.05, 0.1) is 5.69 Å². The van der Waals surface area contributed by atoms with Crippen LogP contribution in [0.4, 0.5) is 5.82 Å². The van der Waals surface area contributed by atoms with Gasteiger partial charge in [0, 0.05) is 18.2 Å². The monoisotopic (exact) mass is 412 g/mol. The summed E-state index contributed by atoms with van der Waals surface area (Å²) in [4.78, 5) is 21.9. The lowest BCUT2D eigenvalue weighted by Gasteiger charge is -2.14. The van der Waals surface area contributed by atoms with Crippen LogP contribution >= 0.6 is 0 Å². The van der Waals surface area contributed by atoms with Crippen molar-refractivity contribution in [1.82, 2.24) is 19.1 Å². The number of nitrogens with two attached hydrogens (primary N) is 2. The van der Waals surface area contributed by atoms with Gasteiger partial charge < -0.3 is 16.2 Å². The van der Waals surface area contributed by atoms with E-state index in [1.165, 1.54) is 10.9 Å². The highest BCUT2D eigenvalue weighted by Gasteiger charge is 2.22. The number of anilines is 1. The van der Waals surface area contributed by atoms with Crippen LogP contribution in [-0.2, 0) is 0 Å². The first-order chi connectivity index (χ1) is 15.1. The maximum absolute atomic E-state index is 13.5. The topological polar surface area (TPSA) is 114 Å². The molecule has 5 rings (SSSR count). The Labute approximate surface area is 177 Å². The molecule has 1 aliphatic carbocycles. The molecule has 0 aliphatic heterocycles. The van der Waals surface area contributed by atoms with Crippen molar-refractivity contribution in [2.75, 3.05) is 5.73 Å². The van der Waals surface area contributed by atoms with Crippen molar-refractivity contribution in [3.63, 3.8) is 0 Å². The van der Waals surface area contributed by atoms with Crippen LogP contribution < -0.4 is 21.9 Å². The van der Waals surface area contributed by atoms with Crippen molar-refractivity contribution in [3.8, 4) is 17.2 Å². The minimum Gasteiger partial charge on any atom is -0.457 e. The standard InChI is InChI=1S/C23H20N6O2/c24-15-5-4-6-17(13-15)29-22-20(21(25)26-14-27-22)28(23(29)30)16-9-11-19(12-10-16)31-18-7-2-1-3-8-18/h1-12,14-15H,13,24H2,(H2,25,26,27). The number of aromatic nitrogens is 4. The first kappa shape index (κ1) is 18.8. The van der Waals surface area contributed by atoms with Gasteiger partial charge in [0.2, 0.25) is 0 Å². The van der Waals surface area contributed by atoms with Crippen molar-refractivity contribution < 1.29 is 4.74 Å². The Morgan fingerprint density at radius 1 is 0.968 bits per heavy atom. The molecule has 0 saturated carbocycles. The summed E-state index contributed by atoms with van der Waals surface area (Å²) in [7, 11) is 0. The summed E-state index contributed by atoms with van der Waals surface area (Å²) in [5, 5.41) is 0. The van der Waals surface area contributed by atoms with Crippen LogP contribution in [-0.4, -0.2) is 25.1 Å². The van der Waals surface area contributed by atoms with Gasteiger partial charge in [-0.2, -0.15) is 0 Å². The molecule has 1 atom stereocenters. The average molecular weight is 412 g/mol. The van der Waals surface area contributed by atoms with Gasteiger partial charge in [-0.1, -0.05) is 30.4 Å². The van der Waals surface area contributed by atoms with Gasteiger partial charge in [0.25, 0.3) is 0 Å². The number of nitrogens with zero attached hydrogens (tertiary/aromatic N) is 4. The van der Waals surface area contributed by atoms with Gasteiger partial charge in [0.1, 0.15) is 23.3 Å². The number of hydrogen-bond acceptors (Lipinski definition) is 6. The second kappa shape index (κ2) is 7.58. The van der Waals surface area contributed by atoms with Crippen molar-refractivity contribution in [2.45, 2.75) is 12.5 Å². The van der Waals surface area contributed by atoms with Crippen LogP contribution in [0.5, 0.6) is 11.5 Å². The van der Waals surface area contributed by atoms with E-state index in [2.05, 4.69) is 9.97 Å². The largest absolute Gasteiger partial charge is 0.457 e. The molecule has 4 aromatic rings. The van der Waals surface area contributed by atoms with Crippen LogP contribution in [0.15, 0.2) is 83.9 Å². The molecule has 2 aromatic heterocycles. The average Bonchev–Trinajstić information content (AvgIpc) is 3.08. The number of benzene rings is 2. The number of nitrogen functional groups attached to an aromatic ring is 1. The Kier molecular flexibility index (Phi) is 4.61. The smallest absolute Gasteiger partial charge is 0.339 e. The molecule has 0 radical (unpaired) electrons. The third kappa shape index (κ3) is 3.38. The predicted octanol–water partition coefficient (Wildman–Crippen LogP) is 3.08. The maximum atomic E-state index is 13.5. The molecule has 2 heterocycles. The van der Waals surface area contributed by atoms with Crippen LogP contribution in [0, 0.1) is 0 Å². The first-order valence-corrected chi connectivity index (χ1v) is 9.82. The fraction of sp³-hybridized carbons (Fsp3) is 0.0870. The molecular formula is C23H20N6O2. The van der Waals surface area contributed by atoms with E-state index >= 15 is 0 Å². The predicted molar refractivity (Wildman–Crippen MR) is 120 cm³/mol. The lowest BCUT2D eigenvalue weighted by atomic mass is 10.1. The molecule has 0 spiro atoms. The molecule has 8 heteroatoms. The summed E-state index contributed by atoms with van der Waals surface area (Å²) in [6.07, 6.45) is 7.47. The number of imidazole rings is 1. The Morgan fingerprint density at radius 3 is 2.45 bits per heavy atom. The van der Waals surface area contributed by atoms with Crippen LogP contribution in [0.3, 0.4) is 0 Å². The zero-order valence-electron chi connectivity index (χ0n) is 16.6. The quantitative estimate of drug-likeness (QED) is 0.532. The van der Waals surface area contributed by atoms with Gasteiger partial charge >= 0.3 is 5.69 Å². The highest BCUT2D eigenvalue weighted by atomic mass is 16.5. The normalized spacial score (nSPS) is 15.8. The number of rotatable bonds is 4. The second-order valence-corrected chi connectivity index (χ2v) is 7.20. The Hall–Kier alpha value is -4.17. The van der Waals surface area contributed by atoms with Gasteiger partial charge in [0.15, 0.2) is 11.5 Å². The van der Waals surface area contributed by atoms with Crippen molar-refractivity contribution in [3.05, 3.63) is 89.6 Å². The molecule has 0 bridgehead atoms. The number of fused-ring (bicyclic) bond motifs is 1. The first-order valence-electron chi connectivity index (χ1n) is 9.82. The van der Waals surface area contributed by atoms with E-state index in [4.69, 9.17) is 16.2 Å². The number of ether oxygens (including phenoxy) is 1. The summed E-state index contributed by atoms with van der Waals surface area (Å²) < 4.78 is 8.91. The van der Waals surface area contributed by atoms with E-state index in [1.807, 2.05) is 48.6 Å². The Bertz CT molecular complexity index is 1370. The molecule has 2 aromatic carbocycles. The molecule has 4 N–H and O–H groups in total. The molecule has 154 valence electrons. The SMILES string of the molecule is Nc1ncnc2c1n(-c1ccc(Oc3ccccc3)cc1)c(=O)n2C1=CC=CC(N)C1. The summed E-state index contributed by atoms with van der Waals surface area (Å²) >= 11 is 0. The van der Waals surface area contributed by atoms with Crippen molar-refractivity contribution in [2.24, 2.45) is 5.73 Å². The zero-order chi connectivity index (χ0) is 21.4. The minimum atomic E-state index is -0.285. The fourth-order valence-corrected chi connectivity index (χ4v) is 3.69. The number of para-hydroxylation sites is 1. The summed E-state index contributed by atoms with van der Waals surface area (Å²) in [5.74, 6) is 1.61. The van der Waals surface area contributed by atoms with E-state index in [1.54, 1.807) is 28.8 Å². The van der Waals surface area contributed by atoms with E-state index in [0.29, 0.717) is 29.0 Å². The van der Waals surface area contributed by atoms with Crippen LogP contribution in [0.25, 0.3) is 22.5 Å². The van der Waals surface area contributed by atoms with E-state index in [0.717, 1.165) is 11.4 Å². The molecule has 1 unspecified atom stereocenters. The zero-order valence-corrected chi connectivity index (χ0v) is 16.6. The van der Waals surface area contributed by atoms with Gasteiger partial charge in [-0.15, -0.1) is 0 Å². The third-order valence-electron chi connectivity index (χ3n) is 5.10. The molecule has 0 fully saturated rings. The van der Waals surface area contributed by atoms with E-state index in [-0.39, 0.29) is 17.5 Å². The Morgan fingerprint density at radius 2 is 1.71 bits per heavy atom. The summed E-state index contributed by atoms with van der Waals surface area (Å²) in [6, 6.07) is 16.5.